The van der Waals surface area contributed by atoms with Crippen molar-refractivity contribution in [2.75, 3.05) is 0 Å². The molecule has 0 heterocycles. The number of allylic oxidation sites excluding steroid dienone is 2. The van der Waals surface area contributed by atoms with Crippen molar-refractivity contribution in [2.24, 2.45) is 0 Å². The quantitative estimate of drug-likeness (QED) is 0.664. The lowest BCUT2D eigenvalue weighted by Gasteiger charge is -2.29. The molecule has 0 fully saturated rings. The van der Waals surface area contributed by atoms with Crippen LogP contribution in [0, 0.1) is 0 Å². The number of halogens is 3. The molecule has 0 bridgehead atoms. The van der Waals surface area contributed by atoms with E-state index in [1.807, 2.05) is 13.8 Å². The van der Waals surface area contributed by atoms with Crippen molar-refractivity contribution in [3.8, 4) is 0 Å². The standard InChI is InChI=1S/C14H15ClF2/c1-3-9-8-14(16,17)13-7-10(15)5-6-12(13)11(9)4-2/h5-7H,3-4,8H2,1-2H3. The summed E-state index contributed by atoms with van der Waals surface area (Å²) in [6, 6.07) is 4.81. The van der Waals surface area contributed by atoms with E-state index in [0.717, 1.165) is 17.6 Å². The van der Waals surface area contributed by atoms with E-state index < -0.39 is 5.92 Å². The Kier molecular flexibility index (Phi) is 3.26. The van der Waals surface area contributed by atoms with Gasteiger partial charge in [-0.05, 0) is 36.1 Å². The van der Waals surface area contributed by atoms with Crippen LogP contribution in [0.25, 0.3) is 5.57 Å². The van der Waals surface area contributed by atoms with Crippen LogP contribution < -0.4 is 0 Å². The third-order valence-electron chi connectivity index (χ3n) is 3.34. The molecule has 17 heavy (non-hydrogen) atoms. The molecule has 0 saturated carbocycles. The maximum absolute atomic E-state index is 14.0. The molecule has 0 aromatic heterocycles. The van der Waals surface area contributed by atoms with Gasteiger partial charge in [-0.15, -0.1) is 0 Å². The molecule has 0 unspecified atom stereocenters. The molecule has 0 N–H and O–H groups in total. The Morgan fingerprint density at radius 2 is 1.94 bits per heavy atom. The summed E-state index contributed by atoms with van der Waals surface area (Å²) >= 11 is 5.82. The highest BCUT2D eigenvalue weighted by atomic mass is 35.5. The molecular weight excluding hydrogens is 242 g/mol. The van der Waals surface area contributed by atoms with Crippen LogP contribution in [0.15, 0.2) is 23.8 Å². The number of hydrogen-bond acceptors (Lipinski definition) is 0. The fourth-order valence-corrected chi connectivity index (χ4v) is 2.69. The van der Waals surface area contributed by atoms with E-state index >= 15 is 0 Å². The highest BCUT2D eigenvalue weighted by Crippen LogP contribution is 2.47. The fourth-order valence-electron chi connectivity index (χ4n) is 2.52. The van der Waals surface area contributed by atoms with Crippen molar-refractivity contribution in [2.45, 2.75) is 39.0 Å². The zero-order valence-electron chi connectivity index (χ0n) is 9.99. The predicted octanol–water partition coefficient (Wildman–Crippen LogP) is 5.41. The molecule has 1 aromatic carbocycles. The Balaban J connectivity index is 2.68. The predicted molar refractivity (Wildman–Crippen MR) is 67.5 cm³/mol. The molecule has 0 amide bonds. The van der Waals surface area contributed by atoms with E-state index in [1.54, 1.807) is 12.1 Å². The summed E-state index contributed by atoms with van der Waals surface area (Å²) < 4.78 is 28.1. The van der Waals surface area contributed by atoms with Crippen LogP contribution in [-0.4, -0.2) is 0 Å². The van der Waals surface area contributed by atoms with Gasteiger partial charge < -0.3 is 0 Å². The number of hydrogen-bond donors (Lipinski definition) is 0. The van der Waals surface area contributed by atoms with Gasteiger partial charge in [0.1, 0.15) is 0 Å². The van der Waals surface area contributed by atoms with E-state index in [9.17, 15) is 8.78 Å². The normalized spacial score (nSPS) is 18.2. The van der Waals surface area contributed by atoms with Gasteiger partial charge in [0.25, 0.3) is 5.92 Å². The van der Waals surface area contributed by atoms with Crippen molar-refractivity contribution >= 4 is 17.2 Å². The van der Waals surface area contributed by atoms with E-state index in [0.29, 0.717) is 17.0 Å². The highest BCUT2D eigenvalue weighted by Gasteiger charge is 2.39. The maximum atomic E-state index is 14.0. The topological polar surface area (TPSA) is 0 Å². The number of rotatable bonds is 2. The van der Waals surface area contributed by atoms with Crippen LogP contribution in [0.2, 0.25) is 5.02 Å². The monoisotopic (exact) mass is 256 g/mol. The van der Waals surface area contributed by atoms with Gasteiger partial charge in [-0.25, -0.2) is 8.78 Å². The largest absolute Gasteiger partial charge is 0.277 e. The molecule has 0 atom stereocenters. The zero-order valence-corrected chi connectivity index (χ0v) is 10.7. The molecule has 0 nitrogen and oxygen atoms in total. The van der Waals surface area contributed by atoms with Crippen molar-refractivity contribution in [1.82, 2.24) is 0 Å². The third-order valence-corrected chi connectivity index (χ3v) is 3.58. The van der Waals surface area contributed by atoms with Crippen LogP contribution in [0.1, 0.15) is 44.2 Å². The summed E-state index contributed by atoms with van der Waals surface area (Å²) in [7, 11) is 0. The third kappa shape index (κ3) is 2.11. The van der Waals surface area contributed by atoms with Crippen LogP contribution in [0.3, 0.4) is 0 Å². The first kappa shape index (κ1) is 12.6. The smallest absolute Gasteiger partial charge is 0.201 e. The maximum Gasteiger partial charge on any atom is 0.277 e. The molecule has 1 aliphatic carbocycles. The van der Waals surface area contributed by atoms with E-state index in [4.69, 9.17) is 11.6 Å². The van der Waals surface area contributed by atoms with Crippen molar-refractivity contribution in [3.05, 3.63) is 39.9 Å². The van der Waals surface area contributed by atoms with Crippen LogP contribution >= 0.6 is 11.6 Å². The SMILES string of the molecule is CCC1=C(CC)c2ccc(Cl)cc2C(F)(F)C1. The molecular formula is C14H15ClF2. The first-order valence-corrected chi connectivity index (χ1v) is 6.26. The Morgan fingerprint density at radius 1 is 1.24 bits per heavy atom. The van der Waals surface area contributed by atoms with Crippen molar-refractivity contribution < 1.29 is 8.78 Å². The Hall–Kier alpha value is -0.890. The second-order valence-corrected chi connectivity index (χ2v) is 4.80. The zero-order chi connectivity index (χ0) is 12.6. The first-order chi connectivity index (χ1) is 7.99. The fraction of sp³-hybridized carbons (Fsp3) is 0.429. The van der Waals surface area contributed by atoms with Gasteiger partial charge in [-0.2, -0.15) is 0 Å². The van der Waals surface area contributed by atoms with Crippen LogP contribution in [0.5, 0.6) is 0 Å². The molecule has 0 saturated heterocycles. The van der Waals surface area contributed by atoms with Gasteiger partial charge >= 0.3 is 0 Å². The van der Waals surface area contributed by atoms with Gasteiger partial charge in [0, 0.05) is 17.0 Å². The summed E-state index contributed by atoms with van der Waals surface area (Å²) in [5, 5.41) is 0.374. The second kappa shape index (κ2) is 4.41. The van der Waals surface area contributed by atoms with Crippen LogP contribution in [0.4, 0.5) is 8.78 Å². The average Bonchev–Trinajstić information content (AvgIpc) is 2.29. The molecule has 1 aliphatic rings. The second-order valence-electron chi connectivity index (χ2n) is 4.36. The summed E-state index contributed by atoms with van der Waals surface area (Å²) in [5.74, 6) is -2.79. The summed E-state index contributed by atoms with van der Waals surface area (Å²) in [6.07, 6.45) is 1.30. The van der Waals surface area contributed by atoms with Gasteiger partial charge in [0.15, 0.2) is 0 Å². The van der Waals surface area contributed by atoms with Crippen molar-refractivity contribution in [3.63, 3.8) is 0 Å². The summed E-state index contributed by atoms with van der Waals surface area (Å²) in [4.78, 5) is 0. The Labute approximate surface area is 105 Å². The average molecular weight is 257 g/mol. The lowest BCUT2D eigenvalue weighted by atomic mass is 9.81. The van der Waals surface area contributed by atoms with Crippen LogP contribution in [-0.2, 0) is 5.92 Å². The van der Waals surface area contributed by atoms with Gasteiger partial charge in [0.05, 0.1) is 0 Å². The number of alkyl halides is 2. The van der Waals surface area contributed by atoms with Gasteiger partial charge in [-0.3, -0.25) is 0 Å². The summed E-state index contributed by atoms with van der Waals surface area (Å²) in [6.45, 7) is 3.94. The molecule has 1 aromatic rings. The molecule has 0 radical (unpaired) electrons. The van der Waals surface area contributed by atoms with Gasteiger partial charge in [0.2, 0.25) is 0 Å². The van der Waals surface area contributed by atoms with E-state index in [1.165, 1.54) is 6.07 Å². The Bertz CT molecular complexity index is 475. The first-order valence-electron chi connectivity index (χ1n) is 5.88. The molecule has 3 heteroatoms. The lowest BCUT2D eigenvalue weighted by molar-refractivity contribution is -0.00621. The minimum absolute atomic E-state index is 0.0825. The minimum atomic E-state index is -2.79. The van der Waals surface area contributed by atoms with E-state index in [2.05, 4.69) is 0 Å². The number of fused-ring (bicyclic) bond motifs is 1. The Morgan fingerprint density at radius 3 is 2.53 bits per heavy atom. The molecule has 0 spiro atoms. The molecule has 2 rings (SSSR count). The minimum Gasteiger partial charge on any atom is -0.201 e. The highest BCUT2D eigenvalue weighted by molar-refractivity contribution is 6.30. The lowest BCUT2D eigenvalue weighted by Crippen LogP contribution is -2.21. The van der Waals surface area contributed by atoms with Gasteiger partial charge in [-0.1, -0.05) is 37.1 Å². The van der Waals surface area contributed by atoms with E-state index in [-0.39, 0.29) is 12.0 Å². The van der Waals surface area contributed by atoms with Crippen molar-refractivity contribution in [1.29, 1.82) is 0 Å². The molecule has 92 valence electrons. The summed E-state index contributed by atoms with van der Waals surface area (Å²) in [5.41, 5.74) is 2.68. The molecule has 0 aliphatic heterocycles. The number of benzene rings is 1.